The lowest BCUT2D eigenvalue weighted by Gasteiger charge is -2.40. The van der Waals surface area contributed by atoms with Gasteiger partial charge in [0.05, 0.1) is 47.6 Å². The van der Waals surface area contributed by atoms with Gasteiger partial charge in [0.25, 0.3) is 12.3 Å². The Morgan fingerprint density at radius 1 is 1.00 bits per heavy atom. The van der Waals surface area contributed by atoms with Gasteiger partial charge < -0.3 is 30.1 Å². The molecule has 1 aromatic carbocycles. The zero-order valence-corrected chi connectivity index (χ0v) is 39.1. The Hall–Kier alpha value is -6.25. The first-order valence-corrected chi connectivity index (χ1v) is 23.6. The molecule has 364 valence electrons. The number of rotatable bonds is 11. The van der Waals surface area contributed by atoms with Crippen molar-refractivity contribution in [3.8, 4) is 0 Å². The van der Waals surface area contributed by atoms with Crippen molar-refractivity contribution >= 4 is 57.6 Å². The van der Waals surface area contributed by atoms with E-state index in [0.29, 0.717) is 36.3 Å². The molecule has 1 saturated carbocycles. The van der Waals surface area contributed by atoms with Crippen molar-refractivity contribution in [3.05, 3.63) is 59.8 Å². The van der Waals surface area contributed by atoms with E-state index in [1.165, 1.54) is 16.9 Å². The largest absolute Gasteiger partial charge is 0.444 e. The second-order valence-electron chi connectivity index (χ2n) is 19.9. The van der Waals surface area contributed by atoms with E-state index in [9.17, 15) is 32.3 Å². The highest BCUT2D eigenvalue weighted by Crippen LogP contribution is 2.37. The molecule has 0 spiro atoms. The van der Waals surface area contributed by atoms with Crippen LogP contribution in [-0.4, -0.2) is 127 Å². The van der Waals surface area contributed by atoms with Gasteiger partial charge in [-0.3, -0.25) is 29.1 Å². The number of piperidine rings is 3. The number of alkyl carbamates (subject to hydrolysis) is 1. The molecule has 7 heterocycles. The molecule has 18 nitrogen and oxygen atoms in total. The Bertz CT molecular complexity index is 2680. The Morgan fingerprint density at radius 2 is 1.76 bits per heavy atom. The maximum absolute atomic E-state index is 15.0. The predicted octanol–water partition coefficient (Wildman–Crippen LogP) is 6.30. The number of nitrogens with zero attached hydrogens (tertiary/aromatic N) is 10. The number of hydrogen-bond donors (Lipinski definition) is 3. The predicted molar refractivity (Wildman–Crippen MR) is 248 cm³/mol. The monoisotopic (exact) mass is 943 g/mol. The highest BCUT2D eigenvalue weighted by Gasteiger charge is 2.34. The van der Waals surface area contributed by atoms with E-state index < -0.39 is 47.9 Å². The molecule has 3 saturated heterocycles. The molecule has 21 heteroatoms. The number of carbonyl (C=O) groups excluding carboxylic acids is 4. The van der Waals surface area contributed by atoms with Crippen molar-refractivity contribution in [3.63, 3.8) is 0 Å². The maximum atomic E-state index is 15.0. The minimum Gasteiger partial charge on any atom is -0.444 e. The molecule has 4 amide bonds. The maximum Gasteiger partial charge on any atom is 0.407 e. The fourth-order valence-corrected chi connectivity index (χ4v) is 10.4. The Labute approximate surface area is 391 Å². The fraction of sp³-hybridized carbons (Fsp3) is 0.574. The zero-order chi connectivity index (χ0) is 48.0. The number of aryl methyl sites for hydroxylation is 1. The van der Waals surface area contributed by atoms with Gasteiger partial charge in [-0.25, -0.2) is 27.5 Å². The Morgan fingerprint density at radius 3 is 2.49 bits per heavy atom. The SMILES string of the molecule is CN(CC1CCC(n2cc(NC(=O)c3cnn4ccc(N5CC(F)CC(NC(=O)OC(C)(C)C)C5)nc34)c(C(F)F)n2)CC1)C1CCN(c2ccc3c(C4CCC(=O)NC4=O)nn(C)c3c2)CC1. The number of anilines is 3. The molecule has 4 fully saturated rings. The molecule has 5 aromatic rings. The van der Waals surface area contributed by atoms with E-state index in [0.717, 1.165) is 74.7 Å². The summed E-state index contributed by atoms with van der Waals surface area (Å²) in [5.74, 6) is -0.856. The molecular weight excluding hydrogens is 884 g/mol. The number of benzene rings is 1. The van der Waals surface area contributed by atoms with Crippen molar-refractivity contribution in [2.45, 2.75) is 121 Å². The average Bonchev–Trinajstić information content (AvgIpc) is 4.01. The lowest BCUT2D eigenvalue weighted by molar-refractivity contribution is -0.134. The third-order valence-electron chi connectivity index (χ3n) is 13.9. The molecule has 0 radical (unpaired) electrons. The highest BCUT2D eigenvalue weighted by molar-refractivity contribution is 6.08. The minimum absolute atomic E-state index is 0.0206. The molecule has 4 aromatic heterocycles. The number of alkyl halides is 3. The van der Waals surface area contributed by atoms with Crippen LogP contribution in [0, 0.1) is 5.92 Å². The third-order valence-corrected chi connectivity index (χ3v) is 13.9. The normalized spacial score (nSPS) is 23.2. The van der Waals surface area contributed by atoms with Crippen LogP contribution in [0.15, 0.2) is 42.9 Å². The number of fused-ring (bicyclic) bond motifs is 2. The van der Waals surface area contributed by atoms with E-state index in [2.05, 4.69) is 60.1 Å². The number of ether oxygens (including phenoxy) is 1. The van der Waals surface area contributed by atoms with E-state index >= 15 is 0 Å². The number of halogens is 3. The lowest BCUT2D eigenvalue weighted by Crippen LogP contribution is -2.52. The molecule has 1 aliphatic carbocycles. The quantitative estimate of drug-likeness (QED) is 0.126. The van der Waals surface area contributed by atoms with Crippen molar-refractivity contribution in [2.24, 2.45) is 13.0 Å². The molecule has 4 aliphatic rings. The fourth-order valence-electron chi connectivity index (χ4n) is 10.4. The van der Waals surface area contributed by atoms with Gasteiger partial charge in [-0.1, -0.05) is 0 Å². The molecule has 68 heavy (non-hydrogen) atoms. The first kappa shape index (κ1) is 46.8. The number of carbonyl (C=O) groups is 4. The standard InChI is InChI=1S/C47H60F3N13O5/c1-47(2,3)68-46(67)52-29-20-28(48)24-61(25-29)38-16-19-62-43(54-38)35(22-51-62)45(66)53-36-26-63(57-41(36)42(49)50)31-8-6-27(7-9-31)23-58(4)30-14-17-60(18-15-30)32-10-11-33-37(21-32)59(5)56-40(33)34-12-13-39(64)55-44(34)65/h10-11,16,19,21-22,26-31,34,42H,6-9,12-15,17-18,20,23-25H2,1-5H3,(H,52,67)(H,53,66)(H,55,64,65). The van der Waals surface area contributed by atoms with Crippen molar-refractivity contribution < 1.29 is 37.1 Å². The van der Waals surface area contributed by atoms with Crippen LogP contribution in [0.1, 0.15) is 119 Å². The van der Waals surface area contributed by atoms with Crippen molar-refractivity contribution in [2.75, 3.05) is 54.9 Å². The first-order valence-electron chi connectivity index (χ1n) is 23.6. The molecular formula is C47H60F3N13O5. The Kier molecular flexibility index (Phi) is 13.1. The minimum atomic E-state index is -2.93. The van der Waals surface area contributed by atoms with Gasteiger partial charge >= 0.3 is 6.09 Å². The van der Waals surface area contributed by atoms with Crippen LogP contribution in [0.4, 0.5) is 35.2 Å². The number of imide groups is 1. The van der Waals surface area contributed by atoms with Crippen LogP contribution in [0.5, 0.6) is 0 Å². The smallest absolute Gasteiger partial charge is 0.407 e. The lowest BCUT2D eigenvalue weighted by atomic mass is 9.85. The number of amides is 4. The van der Waals surface area contributed by atoms with Crippen LogP contribution in [0.2, 0.25) is 0 Å². The average molecular weight is 944 g/mol. The van der Waals surface area contributed by atoms with Gasteiger partial charge in [0.1, 0.15) is 23.2 Å². The van der Waals surface area contributed by atoms with Gasteiger partial charge in [-0.15, -0.1) is 0 Å². The third kappa shape index (κ3) is 10.1. The van der Waals surface area contributed by atoms with Crippen LogP contribution < -0.4 is 25.8 Å². The topological polar surface area (TPSA) is 189 Å². The molecule has 3 aliphatic heterocycles. The summed E-state index contributed by atoms with van der Waals surface area (Å²) in [6.07, 6.45) is 5.79. The van der Waals surface area contributed by atoms with Crippen LogP contribution in [-0.2, 0) is 21.4 Å². The van der Waals surface area contributed by atoms with E-state index in [1.807, 2.05) is 17.8 Å². The summed E-state index contributed by atoms with van der Waals surface area (Å²) in [6.45, 7) is 8.25. The van der Waals surface area contributed by atoms with E-state index in [4.69, 9.17) is 9.84 Å². The van der Waals surface area contributed by atoms with Crippen LogP contribution >= 0.6 is 0 Å². The van der Waals surface area contributed by atoms with Gasteiger partial charge in [-0.2, -0.15) is 15.3 Å². The summed E-state index contributed by atoms with van der Waals surface area (Å²) < 4.78 is 54.0. The summed E-state index contributed by atoms with van der Waals surface area (Å²) in [5, 5.41) is 22.0. The summed E-state index contributed by atoms with van der Waals surface area (Å²) >= 11 is 0. The zero-order valence-electron chi connectivity index (χ0n) is 39.1. The second kappa shape index (κ2) is 19.0. The molecule has 0 bridgehead atoms. The molecule has 3 unspecified atom stereocenters. The highest BCUT2D eigenvalue weighted by atomic mass is 19.3. The second-order valence-corrected chi connectivity index (χ2v) is 19.9. The number of aromatic nitrogens is 7. The van der Waals surface area contributed by atoms with Crippen molar-refractivity contribution in [1.82, 2.24) is 49.7 Å². The van der Waals surface area contributed by atoms with Crippen LogP contribution in [0.3, 0.4) is 0 Å². The Balaban J connectivity index is 0.778. The van der Waals surface area contributed by atoms with Gasteiger partial charge in [0, 0.05) is 75.6 Å². The summed E-state index contributed by atoms with van der Waals surface area (Å²) in [4.78, 5) is 61.7. The van der Waals surface area contributed by atoms with Gasteiger partial charge in [0.2, 0.25) is 11.8 Å². The number of nitrogens with one attached hydrogen (secondary N) is 3. The number of hydrogen-bond acceptors (Lipinski definition) is 12. The van der Waals surface area contributed by atoms with Crippen molar-refractivity contribution in [1.29, 1.82) is 0 Å². The van der Waals surface area contributed by atoms with E-state index in [-0.39, 0.29) is 54.3 Å². The summed E-state index contributed by atoms with van der Waals surface area (Å²) in [6, 6.07) is 7.70. The molecule has 3 atom stereocenters. The summed E-state index contributed by atoms with van der Waals surface area (Å²) in [5.41, 5.74) is 1.66. The van der Waals surface area contributed by atoms with Gasteiger partial charge in [-0.05, 0) is 103 Å². The molecule has 9 rings (SSSR count). The van der Waals surface area contributed by atoms with E-state index in [1.54, 1.807) is 42.6 Å². The van der Waals surface area contributed by atoms with Crippen LogP contribution in [0.25, 0.3) is 16.6 Å². The first-order chi connectivity index (χ1) is 32.5. The van der Waals surface area contributed by atoms with Gasteiger partial charge in [0.15, 0.2) is 11.3 Å². The molecule has 3 N–H and O–H groups in total. The summed E-state index contributed by atoms with van der Waals surface area (Å²) in [7, 11) is 4.08.